The van der Waals surface area contributed by atoms with Gasteiger partial charge >= 0.3 is 5.97 Å². The minimum absolute atomic E-state index is 0.0412. The standard InChI is InChI=1S/C35H41ClFN3O6S/c1-45-26-5-4-12-39(18-26)23-15-24(19-46-25-10-8-21(9-11-25)35(43)44)40(17-23)33(41)14-22-13-29(36)31(16-30(22)37)38-34(42)28-20-47-32-7-3-2-6-27(28)32/h2-3,6-7,13,16,20-21,23-26H,4-5,8-12,14-15,17-19H2,1H3,(H,38,42)(H,43,44)/t21-,23-,24-,25-,26+/m0/s1. The van der Waals surface area contributed by atoms with Gasteiger partial charge in [-0.05, 0) is 75.3 Å². The molecule has 2 amide bonds. The van der Waals surface area contributed by atoms with Crippen LogP contribution in [0.5, 0.6) is 0 Å². The van der Waals surface area contributed by atoms with Crippen molar-refractivity contribution in [2.75, 3.05) is 38.7 Å². The minimum atomic E-state index is -0.756. The van der Waals surface area contributed by atoms with Gasteiger partial charge in [0.25, 0.3) is 5.91 Å². The van der Waals surface area contributed by atoms with Crippen LogP contribution in [0.25, 0.3) is 10.1 Å². The second-order valence-corrected chi connectivity index (χ2v) is 14.2. The molecule has 1 aromatic heterocycles. The number of rotatable bonds is 10. The lowest BCUT2D eigenvalue weighted by Crippen LogP contribution is -2.46. The van der Waals surface area contributed by atoms with Gasteiger partial charge in [-0.2, -0.15) is 0 Å². The SMILES string of the molecule is CO[C@@H]1CCCN([C@H]2C[C@@H](CO[C@H]3CC[C@H](C(=O)O)CC3)N(C(=O)Cc3cc(Cl)c(NC(=O)c4csc5ccccc45)cc3F)C2)C1. The number of piperidine rings is 1. The van der Waals surface area contributed by atoms with Crippen LogP contribution in [0, 0.1) is 11.7 Å². The predicted octanol–water partition coefficient (Wildman–Crippen LogP) is 6.23. The Balaban J connectivity index is 1.13. The van der Waals surface area contributed by atoms with Gasteiger partial charge < -0.3 is 24.8 Å². The molecule has 0 unspecified atom stereocenters. The molecule has 2 saturated heterocycles. The molecule has 6 rings (SSSR count). The van der Waals surface area contributed by atoms with E-state index in [1.54, 1.807) is 12.5 Å². The van der Waals surface area contributed by atoms with Gasteiger partial charge in [0.05, 0.1) is 53.5 Å². The first kappa shape index (κ1) is 33.8. The number of thiophene rings is 1. The number of aliphatic carboxylic acids is 1. The second kappa shape index (κ2) is 15.0. The van der Waals surface area contributed by atoms with E-state index in [2.05, 4.69) is 10.2 Å². The van der Waals surface area contributed by atoms with Crippen LogP contribution in [0.3, 0.4) is 0 Å². The van der Waals surface area contributed by atoms with E-state index in [0.29, 0.717) is 44.4 Å². The van der Waals surface area contributed by atoms with Crippen LogP contribution in [0.4, 0.5) is 10.1 Å². The summed E-state index contributed by atoms with van der Waals surface area (Å²) in [5.41, 5.74) is 0.786. The van der Waals surface area contributed by atoms with Crippen LogP contribution in [0.15, 0.2) is 41.8 Å². The number of benzene rings is 2. The summed E-state index contributed by atoms with van der Waals surface area (Å²) < 4.78 is 28.4. The molecule has 2 aromatic carbocycles. The fraction of sp³-hybridized carbons (Fsp3) is 0.514. The summed E-state index contributed by atoms with van der Waals surface area (Å²) in [5, 5.41) is 14.8. The Morgan fingerprint density at radius 3 is 2.64 bits per heavy atom. The van der Waals surface area contributed by atoms with E-state index in [-0.39, 0.29) is 64.7 Å². The molecular formula is C35H41ClFN3O6S. The second-order valence-electron chi connectivity index (χ2n) is 12.9. The number of anilines is 1. The molecule has 1 aliphatic carbocycles. The van der Waals surface area contributed by atoms with Gasteiger partial charge in [0.15, 0.2) is 0 Å². The van der Waals surface area contributed by atoms with Crippen LogP contribution in [-0.4, -0.2) is 90.3 Å². The highest BCUT2D eigenvalue weighted by atomic mass is 35.5. The number of nitrogens with zero attached hydrogens (tertiary/aromatic N) is 2. The Kier molecular flexibility index (Phi) is 10.8. The first-order chi connectivity index (χ1) is 22.7. The van der Waals surface area contributed by atoms with Crippen LogP contribution >= 0.6 is 22.9 Å². The number of carboxylic acids is 1. The molecular weight excluding hydrogens is 645 g/mol. The summed E-state index contributed by atoms with van der Waals surface area (Å²) in [4.78, 5) is 42.5. The van der Waals surface area contributed by atoms with Crippen molar-refractivity contribution in [3.63, 3.8) is 0 Å². The number of hydrogen-bond donors (Lipinski definition) is 2. The Morgan fingerprint density at radius 1 is 1.09 bits per heavy atom. The third-order valence-corrected chi connectivity index (χ3v) is 11.2. The summed E-state index contributed by atoms with van der Waals surface area (Å²) >= 11 is 7.99. The zero-order valence-corrected chi connectivity index (χ0v) is 28.0. The number of nitrogens with one attached hydrogen (secondary N) is 1. The van der Waals surface area contributed by atoms with Crippen molar-refractivity contribution in [2.24, 2.45) is 5.92 Å². The lowest BCUT2D eigenvalue weighted by molar-refractivity contribution is -0.144. The first-order valence-electron chi connectivity index (χ1n) is 16.4. The van der Waals surface area contributed by atoms with Crippen LogP contribution in [-0.2, 0) is 25.5 Å². The lowest BCUT2D eigenvalue weighted by Gasteiger charge is -2.36. The zero-order valence-electron chi connectivity index (χ0n) is 26.5. The lowest BCUT2D eigenvalue weighted by atomic mass is 9.87. The highest BCUT2D eigenvalue weighted by molar-refractivity contribution is 7.17. The Bertz CT molecular complexity index is 1610. The summed E-state index contributed by atoms with van der Waals surface area (Å²) in [6.07, 6.45) is 5.23. The van der Waals surface area contributed by atoms with Crippen molar-refractivity contribution < 1.29 is 33.4 Å². The van der Waals surface area contributed by atoms with E-state index < -0.39 is 11.8 Å². The number of methoxy groups -OCH3 is 1. The molecule has 47 heavy (non-hydrogen) atoms. The van der Waals surface area contributed by atoms with Crippen molar-refractivity contribution in [1.82, 2.24) is 9.80 Å². The molecule has 3 heterocycles. The van der Waals surface area contributed by atoms with E-state index in [1.807, 2.05) is 29.2 Å². The van der Waals surface area contributed by atoms with Gasteiger partial charge in [-0.15, -0.1) is 11.3 Å². The maximum Gasteiger partial charge on any atom is 0.306 e. The number of halogens is 2. The molecule has 1 saturated carbocycles. The number of fused-ring (bicyclic) bond motifs is 1. The number of carbonyl (C=O) groups is 3. The molecule has 3 atom stereocenters. The van der Waals surface area contributed by atoms with Gasteiger partial charge in [0.1, 0.15) is 5.82 Å². The molecule has 9 nitrogen and oxygen atoms in total. The van der Waals surface area contributed by atoms with Gasteiger partial charge in [-0.25, -0.2) is 4.39 Å². The topological polar surface area (TPSA) is 108 Å². The molecule has 252 valence electrons. The number of likely N-dealkylation sites (tertiary alicyclic amines) is 2. The quantitative estimate of drug-likeness (QED) is 0.261. The molecule has 12 heteroatoms. The summed E-state index contributed by atoms with van der Waals surface area (Å²) in [6, 6.07) is 10.1. The van der Waals surface area contributed by atoms with Crippen LogP contribution in [0.1, 0.15) is 60.9 Å². The molecule has 3 aliphatic rings. The number of hydrogen-bond acceptors (Lipinski definition) is 7. The van der Waals surface area contributed by atoms with E-state index in [0.717, 1.165) is 42.4 Å². The molecule has 0 bridgehead atoms. The minimum Gasteiger partial charge on any atom is -0.481 e. The average Bonchev–Trinajstić information content (AvgIpc) is 3.71. The first-order valence-corrected chi connectivity index (χ1v) is 17.6. The summed E-state index contributed by atoms with van der Waals surface area (Å²) in [6.45, 7) is 2.58. The Labute approximate surface area is 283 Å². The van der Waals surface area contributed by atoms with Crippen LogP contribution in [0.2, 0.25) is 5.02 Å². The van der Waals surface area contributed by atoms with Crippen molar-refractivity contribution in [1.29, 1.82) is 0 Å². The third kappa shape index (κ3) is 7.81. The Morgan fingerprint density at radius 2 is 1.87 bits per heavy atom. The van der Waals surface area contributed by atoms with E-state index in [1.165, 1.54) is 23.5 Å². The average molecular weight is 686 g/mol. The Hall–Kier alpha value is -3.09. The highest BCUT2D eigenvalue weighted by Crippen LogP contribution is 2.32. The van der Waals surface area contributed by atoms with Crippen molar-refractivity contribution in [3.05, 3.63) is 63.7 Å². The maximum atomic E-state index is 15.5. The maximum absolute atomic E-state index is 15.5. The molecule has 3 aromatic rings. The third-order valence-electron chi connectivity index (χ3n) is 9.97. The summed E-state index contributed by atoms with van der Waals surface area (Å²) in [5.74, 6) is -2.30. The number of carbonyl (C=O) groups excluding carboxylic acids is 2. The molecule has 2 aliphatic heterocycles. The van der Waals surface area contributed by atoms with Gasteiger partial charge in [0, 0.05) is 41.7 Å². The van der Waals surface area contributed by atoms with E-state index in [4.69, 9.17) is 21.1 Å². The van der Waals surface area contributed by atoms with Crippen molar-refractivity contribution in [2.45, 2.75) is 75.7 Å². The molecule has 3 fully saturated rings. The number of carboxylic acid groups (broad SMARTS) is 1. The fourth-order valence-electron chi connectivity index (χ4n) is 7.26. The number of amides is 2. The molecule has 0 radical (unpaired) electrons. The fourth-order valence-corrected chi connectivity index (χ4v) is 8.44. The van der Waals surface area contributed by atoms with E-state index in [9.17, 15) is 19.5 Å². The zero-order chi connectivity index (χ0) is 33.1. The van der Waals surface area contributed by atoms with Gasteiger partial charge in [-0.3, -0.25) is 19.3 Å². The van der Waals surface area contributed by atoms with Gasteiger partial charge in [-0.1, -0.05) is 29.8 Å². The largest absolute Gasteiger partial charge is 0.481 e. The van der Waals surface area contributed by atoms with Crippen molar-refractivity contribution >= 4 is 56.5 Å². The monoisotopic (exact) mass is 685 g/mol. The highest BCUT2D eigenvalue weighted by Gasteiger charge is 2.40. The number of ether oxygens (including phenoxy) is 2. The van der Waals surface area contributed by atoms with Gasteiger partial charge in [0.2, 0.25) is 5.91 Å². The van der Waals surface area contributed by atoms with E-state index >= 15 is 4.39 Å². The smallest absolute Gasteiger partial charge is 0.306 e. The van der Waals surface area contributed by atoms with Crippen LogP contribution < -0.4 is 5.32 Å². The normalized spacial score (nSPS) is 25.3. The summed E-state index contributed by atoms with van der Waals surface area (Å²) in [7, 11) is 1.73. The predicted molar refractivity (Wildman–Crippen MR) is 180 cm³/mol. The van der Waals surface area contributed by atoms with Crippen molar-refractivity contribution in [3.8, 4) is 0 Å². The molecule has 2 N–H and O–H groups in total. The molecule has 0 spiro atoms.